The number of hydrogen-bond donors (Lipinski definition) is 3. The van der Waals surface area contributed by atoms with E-state index in [0.29, 0.717) is 11.4 Å². The molecule has 104 valence electrons. The summed E-state index contributed by atoms with van der Waals surface area (Å²) >= 11 is 0. The summed E-state index contributed by atoms with van der Waals surface area (Å²) < 4.78 is 0. The summed E-state index contributed by atoms with van der Waals surface area (Å²) in [5.74, 6) is -1.76. The SMILES string of the molecule is Cc1cc(C)c(C(N)=O)c(NC(C)C(C)C(=O)O)n1. The molecule has 19 heavy (non-hydrogen) atoms. The Kier molecular flexibility index (Phi) is 4.47. The molecule has 2 unspecified atom stereocenters. The minimum atomic E-state index is -0.912. The third-order valence-electron chi connectivity index (χ3n) is 3.10. The minimum Gasteiger partial charge on any atom is -0.481 e. The summed E-state index contributed by atoms with van der Waals surface area (Å²) in [6.07, 6.45) is 0. The largest absolute Gasteiger partial charge is 0.481 e. The van der Waals surface area contributed by atoms with Crippen molar-refractivity contribution in [2.75, 3.05) is 5.32 Å². The van der Waals surface area contributed by atoms with Crippen molar-refractivity contribution < 1.29 is 14.7 Å². The van der Waals surface area contributed by atoms with E-state index in [4.69, 9.17) is 10.8 Å². The molecule has 0 radical (unpaired) electrons. The van der Waals surface area contributed by atoms with E-state index >= 15 is 0 Å². The third kappa shape index (κ3) is 3.43. The van der Waals surface area contributed by atoms with E-state index in [9.17, 15) is 9.59 Å². The van der Waals surface area contributed by atoms with Gasteiger partial charge in [-0.05, 0) is 39.3 Å². The second-order valence-corrected chi connectivity index (χ2v) is 4.73. The van der Waals surface area contributed by atoms with Gasteiger partial charge >= 0.3 is 5.97 Å². The van der Waals surface area contributed by atoms with E-state index in [0.717, 1.165) is 11.3 Å². The highest BCUT2D eigenvalue weighted by molar-refractivity contribution is 5.99. The predicted molar refractivity (Wildman–Crippen MR) is 72.1 cm³/mol. The first kappa shape index (κ1) is 14.9. The van der Waals surface area contributed by atoms with Gasteiger partial charge in [0.15, 0.2) is 0 Å². The van der Waals surface area contributed by atoms with Crippen molar-refractivity contribution in [3.05, 3.63) is 22.9 Å². The number of anilines is 1. The van der Waals surface area contributed by atoms with Gasteiger partial charge in [-0.3, -0.25) is 9.59 Å². The van der Waals surface area contributed by atoms with Crippen molar-refractivity contribution in [3.63, 3.8) is 0 Å². The van der Waals surface area contributed by atoms with Crippen molar-refractivity contribution in [1.82, 2.24) is 4.98 Å². The second-order valence-electron chi connectivity index (χ2n) is 4.73. The van der Waals surface area contributed by atoms with Crippen LogP contribution in [-0.2, 0) is 4.79 Å². The average molecular weight is 265 g/mol. The quantitative estimate of drug-likeness (QED) is 0.744. The third-order valence-corrected chi connectivity index (χ3v) is 3.10. The molecule has 0 aromatic carbocycles. The number of aliphatic carboxylic acids is 1. The van der Waals surface area contributed by atoms with Crippen LogP contribution in [0.3, 0.4) is 0 Å². The van der Waals surface area contributed by atoms with Crippen molar-refractivity contribution in [2.24, 2.45) is 11.7 Å². The molecule has 1 aromatic heterocycles. The molecule has 2 atom stereocenters. The average Bonchev–Trinajstić information content (AvgIpc) is 2.25. The molecule has 4 N–H and O–H groups in total. The summed E-state index contributed by atoms with van der Waals surface area (Å²) in [6, 6.07) is 1.39. The van der Waals surface area contributed by atoms with Gasteiger partial charge in [0.25, 0.3) is 5.91 Å². The van der Waals surface area contributed by atoms with E-state index in [1.54, 1.807) is 33.8 Å². The molecule has 1 amide bonds. The van der Waals surface area contributed by atoms with Crippen LogP contribution >= 0.6 is 0 Å². The van der Waals surface area contributed by atoms with Crippen LogP contribution < -0.4 is 11.1 Å². The van der Waals surface area contributed by atoms with Gasteiger partial charge in [-0.1, -0.05) is 0 Å². The number of aryl methyl sites for hydroxylation is 2. The summed E-state index contributed by atoms with van der Waals surface area (Å²) in [5, 5.41) is 11.9. The number of aromatic nitrogens is 1. The molecule has 0 saturated carbocycles. The van der Waals surface area contributed by atoms with Crippen LogP contribution in [0, 0.1) is 19.8 Å². The van der Waals surface area contributed by atoms with E-state index < -0.39 is 17.8 Å². The Labute approximate surface area is 112 Å². The molecule has 0 spiro atoms. The van der Waals surface area contributed by atoms with Crippen LogP contribution in [0.4, 0.5) is 5.82 Å². The molecule has 0 bridgehead atoms. The summed E-state index contributed by atoms with van der Waals surface area (Å²) in [6.45, 7) is 6.88. The van der Waals surface area contributed by atoms with Gasteiger partial charge in [-0.15, -0.1) is 0 Å². The predicted octanol–water partition coefficient (Wildman–Crippen LogP) is 1.32. The van der Waals surface area contributed by atoms with Crippen LogP contribution in [0.1, 0.15) is 35.5 Å². The number of carboxylic acids is 1. The molecule has 1 aromatic rings. The van der Waals surface area contributed by atoms with E-state index in [1.807, 2.05) is 0 Å². The lowest BCUT2D eigenvalue weighted by Crippen LogP contribution is -2.31. The van der Waals surface area contributed by atoms with Crippen LogP contribution in [0.5, 0.6) is 0 Å². The normalized spacial score (nSPS) is 13.7. The van der Waals surface area contributed by atoms with Gasteiger partial charge in [0.2, 0.25) is 0 Å². The standard InChI is InChI=1S/C13H19N3O3/c1-6-5-7(2)15-12(10(6)11(14)17)16-9(4)8(3)13(18)19/h5,8-9H,1-4H3,(H2,14,17)(H,15,16)(H,18,19). The molecule has 0 aliphatic heterocycles. The van der Waals surface area contributed by atoms with E-state index in [-0.39, 0.29) is 6.04 Å². The Morgan fingerprint density at radius 1 is 1.37 bits per heavy atom. The molecular weight excluding hydrogens is 246 g/mol. The molecule has 1 rings (SSSR count). The topological polar surface area (TPSA) is 105 Å². The first-order valence-electron chi connectivity index (χ1n) is 6.01. The fourth-order valence-electron chi connectivity index (χ4n) is 1.81. The fourth-order valence-corrected chi connectivity index (χ4v) is 1.81. The Morgan fingerprint density at radius 2 is 1.95 bits per heavy atom. The zero-order valence-corrected chi connectivity index (χ0v) is 11.5. The number of carbonyl (C=O) groups is 2. The number of nitrogens with one attached hydrogen (secondary N) is 1. The smallest absolute Gasteiger partial charge is 0.308 e. The van der Waals surface area contributed by atoms with E-state index in [1.165, 1.54) is 0 Å². The maximum Gasteiger partial charge on any atom is 0.308 e. The number of hydrogen-bond acceptors (Lipinski definition) is 4. The molecule has 0 aliphatic rings. The summed E-state index contributed by atoms with van der Waals surface area (Å²) in [7, 11) is 0. The number of rotatable bonds is 5. The van der Waals surface area contributed by atoms with Gasteiger partial charge in [0.1, 0.15) is 5.82 Å². The molecule has 1 heterocycles. The van der Waals surface area contributed by atoms with E-state index in [2.05, 4.69) is 10.3 Å². The first-order chi connectivity index (χ1) is 8.73. The number of nitrogens with zero attached hydrogens (tertiary/aromatic N) is 1. The molecule has 0 aliphatic carbocycles. The monoisotopic (exact) mass is 265 g/mol. The van der Waals surface area contributed by atoms with Gasteiger partial charge < -0.3 is 16.2 Å². The van der Waals surface area contributed by atoms with Crippen LogP contribution in [0.25, 0.3) is 0 Å². The number of amides is 1. The molecule has 0 fully saturated rings. The summed E-state index contributed by atoms with van der Waals surface area (Å²) in [4.78, 5) is 26.6. The molecule has 0 saturated heterocycles. The van der Waals surface area contributed by atoms with Crippen molar-refractivity contribution in [1.29, 1.82) is 0 Å². The van der Waals surface area contributed by atoms with Gasteiger partial charge in [0, 0.05) is 11.7 Å². The van der Waals surface area contributed by atoms with Gasteiger partial charge in [-0.25, -0.2) is 4.98 Å². The van der Waals surface area contributed by atoms with Crippen LogP contribution in [0.2, 0.25) is 0 Å². The molecular formula is C13H19N3O3. The Morgan fingerprint density at radius 3 is 2.42 bits per heavy atom. The minimum absolute atomic E-state index is 0.301. The van der Waals surface area contributed by atoms with Crippen molar-refractivity contribution in [3.8, 4) is 0 Å². The van der Waals surface area contributed by atoms with Crippen LogP contribution in [-0.4, -0.2) is 28.0 Å². The van der Waals surface area contributed by atoms with Gasteiger partial charge in [-0.2, -0.15) is 0 Å². The maximum atomic E-state index is 11.5. The van der Waals surface area contributed by atoms with Gasteiger partial charge in [0.05, 0.1) is 11.5 Å². The maximum absolute atomic E-state index is 11.5. The highest BCUT2D eigenvalue weighted by Crippen LogP contribution is 2.20. The summed E-state index contributed by atoms with van der Waals surface area (Å²) in [5.41, 5.74) is 7.10. The zero-order valence-electron chi connectivity index (χ0n) is 11.5. The Balaban J connectivity index is 3.13. The molecule has 6 nitrogen and oxygen atoms in total. The second kappa shape index (κ2) is 5.69. The van der Waals surface area contributed by atoms with Crippen LogP contribution in [0.15, 0.2) is 6.07 Å². The number of carbonyl (C=O) groups excluding carboxylic acids is 1. The lowest BCUT2D eigenvalue weighted by Gasteiger charge is -2.20. The highest BCUT2D eigenvalue weighted by Gasteiger charge is 2.22. The number of carboxylic acid groups (broad SMARTS) is 1. The highest BCUT2D eigenvalue weighted by atomic mass is 16.4. The Bertz CT molecular complexity index is 514. The van der Waals surface area contributed by atoms with Crippen molar-refractivity contribution >= 4 is 17.7 Å². The van der Waals surface area contributed by atoms with Crippen molar-refractivity contribution in [2.45, 2.75) is 33.7 Å². The Hall–Kier alpha value is -2.11. The fraction of sp³-hybridized carbons (Fsp3) is 0.462. The first-order valence-corrected chi connectivity index (χ1v) is 6.01. The number of nitrogens with two attached hydrogens (primary N) is 1. The zero-order chi connectivity index (χ0) is 14.7. The number of pyridine rings is 1. The molecule has 6 heteroatoms. The number of primary amides is 1. The lowest BCUT2D eigenvalue weighted by atomic mass is 10.0. The lowest BCUT2D eigenvalue weighted by molar-refractivity contribution is -0.141.